The van der Waals surface area contributed by atoms with Gasteiger partial charge in [-0.25, -0.2) is 0 Å². The van der Waals surface area contributed by atoms with Crippen LogP contribution in [0.25, 0.3) is 0 Å². The lowest BCUT2D eigenvalue weighted by atomic mass is 10.3. The molecule has 1 heterocycles. The SMILES string of the molecule is O=P(c1ccccc1)(c1ccccc1)c1cccc2c1OC(F)(F)O2. The van der Waals surface area contributed by atoms with Gasteiger partial charge >= 0.3 is 6.29 Å². The molecule has 3 nitrogen and oxygen atoms in total. The van der Waals surface area contributed by atoms with Crippen LogP contribution in [0, 0.1) is 0 Å². The highest BCUT2D eigenvalue weighted by Crippen LogP contribution is 2.50. The van der Waals surface area contributed by atoms with E-state index in [0.29, 0.717) is 10.6 Å². The van der Waals surface area contributed by atoms with E-state index < -0.39 is 13.4 Å². The molecule has 0 spiro atoms. The molecule has 0 aliphatic carbocycles. The topological polar surface area (TPSA) is 35.5 Å². The van der Waals surface area contributed by atoms with Crippen molar-refractivity contribution in [2.24, 2.45) is 0 Å². The molecule has 6 heteroatoms. The van der Waals surface area contributed by atoms with Crippen LogP contribution in [0.2, 0.25) is 0 Å². The summed E-state index contributed by atoms with van der Waals surface area (Å²) >= 11 is 0. The van der Waals surface area contributed by atoms with Crippen LogP contribution in [0.1, 0.15) is 0 Å². The summed E-state index contributed by atoms with van der Waals surface area (Å²) in [5.74, 6) is -0.293. The molecule has 1 aliphatic rings. The zero-order valence-electron chi connectivity index (χ0n) is 12.9. The Hall–Kier alpha value is -2.65. The van der Waals surface area contributed by atoms with E-state index in [1.54, 1.807) is 54.6 Å². The Labute approximate surface area is 143 Å². The normalized spacial score (nSPS) is 15.1. The van der Waals surface area contributed by atoms with Gasteiger partial charge in [-0.1, -0.05) is 66.7 Å². The Balaban J connectivity index is 2.00. The molecule has 0 fully saturated rings. The largest absolute Gasteiger partial charge is 0.586 e. The summed E-state index contributed by atoms with van der Waals surface area (Å²) in [5, 5.41) is 1.27. The average Bonchev–Trinajstić information content (AvgIpc) is 2.96. The minimum atomic E-state index is -3.77. The fourth-order valence-corrected chi connectivity index (χ4v) is 5.68. The van der Waals surface area contributed by atoms with Crippen LogP contribution in [0.3, 0.4) is 0 Å². The number of rotatable bonds is 3. The zero-order valence-corrected chi connectivity index (χ0v) is 13.8. The van der Waals surface area contributed by atoms with E-state index in [9.17, 15) is 13.3 Å². The molecule has 25 heavy (non-hydrogen) atoms. The van der Waals surface area contributed by atoms with Gasteiger partial charge in [-0.3, -0.25) is 0 Å². The van der Waals surface area contributed by atoms with Gasteiger partial charge in [-0.15, -0.1) is 8.78 Å². The molecule has 0 saturated carbocycles. The van der Waals surface area contributed by atoms with E-state index in [0.717, 1.165) is 0 Å². The number of halogens is 2. The van der Waals surface area contributed by atoms with Crippen LogP contribution in [0.4, 0.5) is 8.78 Å². The summed E-state index contributed by atoms with van der Waals surface area (Å²) in [4.78, 5) is 0. The number of hydrogen-bond acceptors (Lipinski definition) is 3. The molecule has 126 valence electrons. The van der Waals surface area contributed by atoms with E-state index in [1.807, 2.05) is 12.1 Å². The van der Waals surface area contributed by atoms with Crippen LogP contribution >= 0.6 is 7.14 Å². The smallest absolute Gasteiger partial charge is 0.395 e. The molecule has 0 N–H and O–H groups in total. The number of fused-ring (bicyclic) bond motifs is 1. The molecule has 0 bridgehead atoms. The average molecular weight is 358 g/mol. The maximum atomic E-state index is 14.2. The van der Waals surface area contributed by atoms with Gasteiger partial charge in [-0.2, -0.15) is 0 Å². The molecular formula is C19H13F2O3P. The molecule has 0 radical (unpaired) electrons. The first-order valence-corrected chi connectivity index (χ1v) is 9.32. The molecule has 0 atom stereocenters. The summed E-state index contributed by atoms with van der Waals surface area (Å²) < 4.78 is 50.6. The lowest BCUT2D eigenvalue weighted by Crippen LogP contribution is -2.29. The predicted molar refractivity (Wildman–Crippen MR) is 92.0 cm³/mol. The fourth-order valence-electron chi connectivity index (χ4n) is 2.91. The predicted octanol–water partition coefficient (Wildman–Crippen LogP) is 3.65. The van der Waals surface area contributed by atoms with Crippen molar-refractivity contribution in [2.75, 3.05) is 0 Å². The maximum absolute atomic E-state index is 14.2. The quantitative estimate of drug-likeness (QED) is 0.671. The molecule has 0 amide bonds. The highest BCUT2D eigenvalue weighted by atomic mass is 31.2. The van der Waals surface area contributed by atoms with E-state index >= 15 is 0 Å². The summed E-state index contributed by atoms with van der Waals surface area (Å²) in [6, 6.07) is 22.0. The Kier molecular flexibility index (Phi) is 3.62. The number of hydrogen-bond donors (Lipinski definition) is 0. The van der Waals surface area contributed by atoms with E-state index in [4.69, 9.17) is 0 Å². The van der Waals surface area contributed by atoms with Crippen LogP contribution in [-0.2, 0) is 4.57 Å². The van der Waals surface area contributed by atoms with Crippen molar-refractivity contribution < 1.29 is 22.8 Å². The molecule has 3 aromatic rings. The van der Waals surface area contributed by atoms with Crippen molar-refractivity contribution >= 4 is 23.1 Å². The lowest BCUT2D eigenvalue weighted by molar-refractivity contribution is -0.286. The van der Waals surface area contributed by atoms with Crippen LogP contribution in [0.5, 0.6) is 11.5 Å². The van der Waals surface area contributed by atoms with Gasteiger partial charge in [0.05, 0.1) is 5.30 Å². The Morgan fingerprint density at radius 2 is 1.28 bits per heavy atom. The molecule has 1 aliphatic heterocycles. The summed E-state index contributed by atoms with van der Waals surface area (Å²) in [5.41, 5.74) is 0. The summed E-state index contributed by atoms with van der Waals surface area (Å²) in [7, 11) is -3.41. The van der Waals surface area contributed by atoms with Gasteiger partial charge in [0.15, 0.2) is 18.6 Å². The molecule has 4 rings (SSSR count). The maximum Gasteiger partial charge on any atom is 0.586 e. The van der Waals surface area contributed by atoms with Gasteiger partial charge in [0.2, 0.25) is 0 Å². The highest BCUT2D eigenvalue weighted by molar-refractivity contribution is 7.85. The first kappa shape index (κ1) is 15.9. The standard InChI is InChI=1S/C19H13F2O3P/c20-19(21)23-16-12-7-13-17(18(16)24-19)25(22,14-8-3-1-4-9-14)15-10-5-2-6-11-15/h1-13H. The minimum Gasteiger partial charge on any atom is -0.395 e. The van der Waals surface area contributed by atoms with E-state index in [1.165, 1.54) is 12.1 Å². The van der Waals surface area contributed by atoms with Crippen molar-refractivity contribution in [3.8, 4) is 11.5 Å². The van der Waals surface area contributed by atoms with Crippen molar-refractivity contribution in [1.29, 1.82) is 0 Å². The third-order valence-corrected chi connectivity index (χ3v) is 7.07. The van der Waals surface area contributed by atoms with Crippen molar-refractivity contribution in [3.63, 3.8) is 0 Å². The Bertz CT molecular complexity index is 915. The minimum absolute atomic E-state index is 0.116. The Morgan fingerprint density at radius 1 is 0.720 bits per heavy atom. The monoisotopic (exact) mass is 358 g/mol. The number of alkyl halides is 2. The lowest BCUT2D eigenvalue weighted by Gasteiger charge is -2.21. The summed E-state index contributed by atoms with van der Waals surface area (Å²) in [6.45, 7) is 0. The van der Waals surface area contributed by atoms with Crippen LogP contribution in [0.15, 0.2) is 78.9 Å². The Morgan fingerprint density at radius 3 is 1.84 bits per heavy atom. The molecule has 0 unspecified atom stereocenters. The van der Waals surface area contributed by atoms with Crippen LogP contribution < -0.4 is 25.4 Å². The first-order chi connectivity index (χ1) is 12.0. The first-order valence-electron chi connectivity index (χ1n) is 7.61. The van der Waals surface area contributed by atoms with Gasteiger partial charge in [0.1, 0.15) is 0 Å². The number of para-hydroxylation sites is 1. The zero-order chi connectivity index (χ0) is 17.5. The third kappa shape index (κ3) is 2.61. The molecule has 0 aromatic heterocycles. The van der Waals surface area contributed by atoms with E-state index in [2.05, 4.69) is 9.47 Å². The van der Waals surface area contributed by atoms with Gasteiger partial charge in [-0.05, 0) is 12.1 Å². The number of benzene rings is 3. The van der Waals surface area contributed by atoms with Gasteiger partial charge in [0.25, 0.3) is 0 Å². The van der Waals surface area contributed by atoms with Crippen molar-refractivity contribution in [1.82, 2.24) is 0 Å². The van der Waals surface area contributed by atoms with Crippen molar-refractivity contribution in [2.45, 2.75) is 6.29 Å². The van der Waals surface area contributed by atoms with E-state index in [-0.39, 0.29) is 16.8 Å². The van der Waals surface area contributed by atoms with Gasteiger partial charge in [0, 0.05) is 10.6 Å². The summed E-state index contributed by atoms with van der Waals surface area (Å²) in [6.07, 6.45) is -3.77. The second-order valence-corrected chi connectivity index (χ2v) is 8.29. The van der Waals surface area contributed by atoms with Crippen molar-refractivity contribution in [3.05, 3.63) is 78.9 Å². The van der Waals surface area contributed by atoms with Crippen LogP contribution in [-0.4, -0.2) is 6.29 Å². The second-order valence-electron chi connectivity index (χ2n) is 5.55. The fraction of sp³-hybridized carbons (Fsp3) is 0.0526. The second kappa shape index (κ2) is 5.71. The molecule has 3 aromatic carbocycles. The third-order valence-electron chi connectivity index (χ3n) is 3.99. The number of ether oxygens (including phenoxy) is 2. The molecular weight excluding hydrogens is 345 g/mol. The van der Waals surface area contributed by atoms with Gasteiger partial charge < -0.3 is 14.0 Å². The molecule has 0 saturated heterocycles. The highest BCUT2D eigenvalue weighted by Gasteiger charge is 2.47.